The smallest absolute Gasteiger partial charge is 0.306 e. The number of hydrogen-bond donors (Lipinski definition) is 1. The molecule has 23 heavy (non-hydrogen) atoms. The minimum atomic E-state index is -0.320. The van der Waals surface area contributed by atoms with Crippen LogP contribution in [0, 0.1) is 13.8 Å². The lowest BCUT2D eigenvalue weighted by atomic mass is 10.1. The number of para-hydroxylation sites is 1. The van der Waals surface area contributed by atoms with Crippen LogP contribution in [0.2, 0.25) is 0 Å². The first-order valence-corrected chi connectivity index (χ1v) is 7.68. The van der Waals surface area contributed by atoms with Crippen LogP contribution < -0.4 is 22.3 Å². The highest BCUT2D eigenvalue weighted by atomic mass is 79.9. The van der Waals surface area contributed by atoms with Crippen molar-refractivity contribution in [1.29, 1.82) is 0 Å². The lowest BCUT2D eigenvalue weighted by Crippen LogP contribution is -3.00. The minimum Gasteiger partial charge on any atom is -1.00 e. The van der Waals surface area contributed by atoms with E-state index in [1.807, 2.05) is 45.9 Å². The van der Waals surface area contributed by atoms with Crippen molar-refractivity contribution in [2.75, 3.05) is 31.7 Å². The number of anilines is 1. The number of quaternary nitrogens is 1. The molecule has 1 aromatic carbocycles. The van der Waals surface area contributed by atoms with Crippen molar-refractivity contribution in [1.82, 2.24) is 0 Å². The Kier molecular flexibility index (Phi) is 9.09. The molecule has 1 aromatic rings. The molecule has 0 atom stereocenters. The van der Waals surface area contributed by atoms with E-state index in [1.54, 1.807) is 0 Å². The molecule has 6 heteroatoms. The molecular formula is C17H27BrN2O3. The van der Waals surface area contributed by atoms with Gasteiger partial charge in [0.05, 0.1) is 13.1 Å². The van der Waals surface area contributed by atoms with Gasteiger partial charge in [0.2, 0.25) is 6.73 Å². The molecule has 0 aliphatic carbocycles. The summed E-state index contributed by atoms with van der Waals surface area (Å²) in [7, 11) is 0. The van der Waals surface area contributed by atoms with Crippen LogP contribution in [0.1, 0.15) is 31.9 Å². The normalized spacial score (nSPS) is 10.7. The lowest BCUT2D eigenvalue weighted by Gasteiger charge is -2.34. The standard InChI is InChI=1S/C17H26N2O3.BrH/c1-6-19(7-2,12-22-15(5)20)11-16(21)18-17-13(3)9-8-10-14(17)4;/h8-10H,6-7,11-12H2,1-5H3;1H. The van der Waals surface area contributed by atoms with Crippen LogP contribution in [0.4, 0.5) is 5.69 Å². The summed E-state index contributed by atoms with van der Waals surface area (Å²) < 4.78 is 5.57. The maximum absolute atomic E-state index is 12.4. The maximum Gasteiger partial charge on any atom is 0.306 e. The fraction of sp³-hybridized carbons (Fsp3) is 0.529. The molecule has 1 rings (SSSR count). The first-order chi connectivity index (χ1) is 10.3. The Bertz CT molecular complexity index is 522. The molecule has 0 radical (unpaired) electrons. The van der Waals surface area contributed by atoms with E-state index in [9.17, 15) is 9.59 Å². The first kappa shape index (κ1) is 21.6. The van der Waals surface area contributed by atoms with Gasteiger partial charge in [0.1, 0.15) is 0 Å². The predicted molar refractivity (Wildman–Crippen MR) is 87.4 cm³/mol. The van der Waals surface area contributed by atoms with Crippen molar-refractivity contribution in [3.05, 3.63) is 29.3 Å². The summed E-state index contributed by atoms with van der Waals surface area (Å²) in [4.78, 5) is 23.5. The molecule has 0 aliphatic rings. The summed E-state index contributed by atoms with van der Waals surface area (Å²) in [5, 5.41) is 2.99. The Morgan fingerprint density at radius 2 is 1.65 bits per heavy atom. The van der Waals surface area contributed by atoms with Gasteiger partial charge in [-0.25, -0.2) is 0 Å². The number of nitrogens with one attached hydrogen (secondary N) is 1. The van der Waals surface area contributed by atoms with Crippen LogP contribution in [-0.4, -0.2) is 42.7 Å². The number of halogens is 1. The van der Waals surface area contributed by atoms with Crippen LogP contribution in [0.3, 0.4) is 0 Å². The second-order valence-electron chi connectivity index (χ2n) is 5.71. The number of hydrogen-bond acceptors (Lipinski definition) is 3. The van der Waals surface area contributed by atoms with E-state index < -0.39 is 0 Å². The maximum atomic E-state index is 12.4. The zero-order valence-corrected chi connectivity index (χ0v) is 16.2. The van der Waals surface area contributed by atoms with Crippen LogP contribution in [0.15, 0.2) is 18.2 Å². The van der Waals surface area contributed by atoms with Gasteiger partial charge >= 0.3 is 5.97 Å². The van der Waals surface area contributed by atoms with Gasteiger partial charge < -0.3 is 27.0 Å². The summed E-state index contributed by atoms with van der Waals surface area (Å²) in [5.41, 5.74) is 2.95. The minimum absolute atomic E-state index is 0. The molecule has 0 aromatic heterocycles. The van der Waals surface area contributed by atoms with E-state index in [2.05, 4.69) is 5.32 Å². The number of likely N-dealkylation sites (N-methyl/N-ethyl adjacent to an activating group) is 1. The van der Waals surface area contributed by atoms with Gasteiger partial charge in [-0.05, 0) is 38.8 Å². The SMILES string of the molecule is CC[N+](CC)(COC(C)=O)CC(=O)Nc1c(C)cccc1C.[Br-]. The van der Waals surface area contributed by atoms with E-state index in [4.69, 9.17) is 4.74 Å². The number of carbonyl (C=O) groups is 2. The molecular weight excluding hydrogens is 360 g/mol. The molecule has 1 N–H and O–H groups in total. The van der Waals surface area contributed by atoms with Crippen LogP contribution in [-0.2, 0) is 14.3 Å². The lowest BCUT2D eigenvalue weighted by molar-refractivity contribution is -0.933. The zero-order chi connectivity index (χ0) is 16.8. The molecule has 0 fully saturated rings. The van der Waals surface area contributed by atoms with E-state index in [1.165, 1.54) is 6.92 Å². The number of carbonyl (C=O) groups excluding carboxylic acids is 2. The molecule has 1 amide bonds. The molecule has 0 saturated carbocycles. The number of aryl methyl sites for hydroxylation is 2. The molecule has 5 nitrogen and oxygen atoms in total. The summed E-state index contributed by atoms with van der Waals surface area (Å²) in [6.07, 6.45) is 0. The topological polar surface area (TPSA) is 55.4 Å². The summed E-state index contributed by atoms with van der Waals surface area (Å²) in [5.74, 6) is -0.382. The first-order valence-electron chi connectivity index (χ1n) is 7.68. The van der Waals surface area contributed by atoms with Crippen molar-refractivity contribution in [2.45, 2.75) is 34.6 Å². The van der Waals surface area contributed by atoms with Gasteiger partial charge in [0, 0.05) is 12.6 Å². The van der Waals surface area contributed by atoms with Crippen LogP contribution in [0.5, 0.6) is 0 Å². The number of nitrogens with zero attached hydrogens (tertiary/aromatic N) is 1. The van der Waals surface area contributed by atoms with E-state index in [-0.39, 0.29) is 42.1 Å². The van der Waals surface area contributed by atoms with Gasteiger partial charge in [0.15, 0.2) is 6.54 Å². The average Bonchev–Trinajstić information content (AvgIpc) is 2.47. The van der Waals surface area contributed by atoms with Crippen molar-refractivity contribution < 1.29 is 35.8 Å². The van der Waals surface area contributed by atoms with E-state index in [0.717, 1.165) is 29.9 Å². The van der Waals surface area contributed by atoms with Gasteiger partial charge in [-0.15, -0.1) is 0 Å². The average molecular weight is 387 g/mol. The third-order valence-corrected chi connectivity index (χ3v) is 4.11. The monoisotopic (exact) mass is 386 g/mol. The van der Waals surface area contributed by atoms with Gasteiger partial charge in [0.25, 0.3) is 5.91 Å². The number of benzene rings is 1. The van der Waals surface area contributed by atoms with E-state index in [0.29, 0.717) is 4.48 Å². The molecule has 0 unspecified atom stereocenters. The Balaban J connectivity index is 0.00000484. The molecule has 130 valence electrons. The molecule has 0 aliphatic heterocycles. The van der Waals surface area contributed by atoms with Crippen molar-refractivity contribution >= 4 is 17.6 Å². The van der Waals surface area contributed by atoms with Crippen LogP contribution >= 0.6 is 0 Å². The van der Waals surface area contributed by atoms with Gasteiger partial charge in [-0.3, -0.25) is 14.1 Å². The largest absolute Gasteiger partial charge is 1.00 e. The number of ether oxygens (including phenoxy) is 1. The Morgan fingerprint density at radius 3 is 2.09 bits per heavy atom. The highest BCUT2D eigenvalue weighted by molar-refractivity contribution is 5.93. The van der Waals surface area contributed by atoms with Gasteiger partial charge in [-0.2, -0.15) is 0 Å². The fourth-order valence-corrected chi connectivity index (χ4v) is 2.40. The second kappa shape index (κ2) is 9.67. The fourth-order valence-electron chi connectivity index (χ4n) is 2.40. The third kappa shape index (κ3) is 6.31. The number of rotatable bonds is 7. The van der Waals surface area contributed by atoms with Gasteiger partial charge in [-0.1, -0.05) is 18.2 Å². The Hall–Kier alpha value is -1.40. The molecule has 0 heterocycles. The Morgan fingerprint density at radius 1 is 1.13 bits per heavy atom. The summed E-state index contributed by atoms with van der Waals surface area (Å²) >= 11 is 0. The Labute approximate surface area is 149 Å². The van der Waals surface area contributed by atoms with Crippen molar-refractivity contribution in [3.63, 3.8) is 0 Å². The highest BCUT2D eigenvalue weighted by Gasteiger charge is 2.28. The quantitative estimate of drug-likeness (QED) is 0.395. The summed E-state index contributed by atoms with van der Waals surface area (Å²) in [6.45, 7) is 11.3. The number of esters is 1. The van der Waals surface area contributed by atoms with Crippen LogP contribution in [0.25, 0.3) is 0 Å². The highest BCUT2D eigenvalue weighted by Crippen LogP contribution is 2.19. The molecule has 0 spiro atoms. The predicted octanol–water partition coefficient (Wildman–Crippen LogP) is -0.377. The van der Waals surface area contributed by atoms with Crippen molar-refractivity contribution in [2.24, 2.45) is 0 Å². The van der Waals surface area contributed by atoms with E-state index >= 15 is 0 Å². The third-order valence-electron chi connectivity index (χ3n) is 4.11. The zero-order valence-electron chi connectivity index (χ0n) is 14.6. The summed E-state index contributed by atoms with van der Waals surface area (Å²) in [6, 6.07) is 5.92. The van der Waals surface area contributed by atoms with Crippen molar-refractivity contribution in [3.8, 4) is 0 Å². The molecule has 0 saturated heterocycles. The number of amides is 1. The molecule has 0 bridgehead atoms. The second-order valence-corrected chi connectivity index (χ2v) is 5.71.